The van der Waals surface area contributed by atoms with E-state index in [9.17, 15) is 9.59 Å². The Bertz CT molecular complexity index is 1120. The van der Waals surface area contributed by atoms with E-state index in [0.29, 0.717) is 40.1 Å². The Hall–Kier alpha value is -2.65. The quantitative estimate of drug-likeness (QED) is 0.288. The van der Waals surface area contributed by atoms with Crippen LogP contribution in [0, 0.1) is 0 Å². The molecule has 7 nitrogen and oxygen atoms in total. The van der Waals surface area contributed by atoms with Crippen molar-refractivity contribution in [2.45, 2.75) is 19.9 Å². The van der Waals surface area contributed by atoms with Gasteiger partial charge in [-0.3, -0.25) is 4.79 Å². The number of nitrogens with zero attached hydrogens (tertiary/aromatic N) is 1. The summed E-state index contributed by atoms with van der Waals surface area (Å²) in [6, 6.07) is 11.3. The number of thiocarbonyl (C=S) groups is 1. The normalized spacial score (nSPS) is 15.7. The summed E-state index contributed by atoms with van der Waals surface area (Å²) in [6.45, 7) is 4.86. The van der Waals surface area contributed by atoms with Crippen LogP contribution in [0.15, 0.2) is 53.7 Å². The minimum atomic E-state index is -0.499. The summed E-state index contributed by atoms with van der Waals surface area (Å²) >= 11 is 17.6. The van der Waals surface area contributed by atoms with E-state index in [-0.39, 0.29) is 17.5 Å². The fourth-order valence-electron chi connectivity index (χ4n) is 3.60. The summed E-state index contributed by atoms with van der Waals surface area (Å²) in [5.41, 5.74) is 2.87. The number of methoxy groups -OCH3 is 1. The van der Waals surface area contributed by atoms with E-state index in [1.54, 1.807) is 31.4 Å². The first-order chi connectivity index (χ1) is 16.3. The number of amides is 1. The molecule has 1 aliphatic rings. The summed E-state index contributed by atoms with van der Waals surface area (Å²) in [5, 5.41) is 7.28. The average molecular weight is 522 g/mol. The SMILES string of the molecule is CCN1C(=S)NC(c2ccc(NC(=O)c3ccc(Cl)cc3Cl)cc2)C(C(=O)OCCOC)=C1C. The molecule has 0 fully saturated rings. The molecule has 2 aromatic rings. The second-order valence-electron chi connectivity index (χ2n) is 7.45. The van der Waals surface area contributed by atoms with E-state index in [0.717, 1.165) is 11.3 Å². The van der Waals surface area contributed by atoms with Gasteiger partial charge in [0.15, 0.2) is 5.11 Å². The first kappa shape index (κ1) is 26.0. The molecule has 0 aromatic heterocycles. The highest BCUT2D eigenvalue weighted by molar-refractivity contribution is 7.80. The van der Waals surface area contributed by atoms with Crippen molar-refractivity contribution in [3.63, 3.8) is 0 Å². The van der Waals surface area contributed by atoms with Crippen molar-refractivity contribution < 1.29 is 19.1 Å². The van der Waals surface area contributed by atoms with Crippen molar-refractivity contribution in [3.05, 3.63) is 74.9 Å². The highest BCUT2D eigenvalue weighted by Gasteiger charge is 2.34. The van der Waals surface area contributed by atoms with Crippen molar-refractivity contribution in [2.75, 3.05) is 32.2 Å². The number of hydrogen-bond donors (Lipinski definition) is 2. The first-order valence-electron chi connectivity index (χ1n) is 10.6. The zero-order valence-electron chi connectivity index (χ0n) is 19.0. The molecular weight excluding hydrogens is 497 g/mol. The number of benzene rings is 2. The van der Waals surface area contributed by atoms with Gasteiger partial charge in [0.25, 0.3) is 5.91 Å². The lowest BCUT2D eigenvalue weighted by Gasteiger charge is -2.37. The molecule has 180 valence electrons. The Balaban J connectivity index is 1.84. The number of nitrogens with one attached hydrogen (secondary N) is 2. The Morgan fingerprint density at radius 1 is 1.15 bits per heavy atom. The number of halogens is 2. The summed E-state index contributed by atoms with van der Waals surface area (Å²) < 4.78 is 10.4. The molecule has 10 heteroatoms. The van der Waals surface area contributed by atoms with Crippen LogP contribution in [-0.2, 0) is 14.3 Å². The number of allylic oxidation sites excluding steroid dienone is 1. The van der Waals surface area contributed by atoms with Gasteiger partial charge in [0.05, 0.1) is 28.8 Å². The van der Waals surface area contributed by atoms with Crippen molar-refractivity contribution in [1.29, 1.82) is 0 Å². The van der Waals surface area contributed by atoms with Gasteiger partial charge in [-0.15, -0.1) is 0 Å². The third-order valence-corrected chi connectivity index (χ3v) is 6.22. The highest BCUT2D eigenvalue weighted by Crippen LogP contribution is 2.32. The Morgan fingerprint density at radius 2 is 1.85 bits per heavy atom. The van der Waals surface area contributed by atoms with Crippen LogP contribution >= 0.6 is 35.4 Å². The van der Waals surface area contributed by atoms with Crippen LogP contribution in [0.1, 0.15) is 35.8 Å². The molecule has 1 unspecified atom stereocenters. The van der Waals surface area contributed by atoms with Crippen LogP contribution in [0.2, 0.25) is 10.0 Å². The van der Waals surface area contributed by atoms with Gasteiger partial charge in [-0.2, -0.15) is 0 Å². The maximum absolute atomic E-state index is 12.9. The van der Waals surface area contributed by atoms with Gasteiger partial charge in [0, 0.05) is 30.1 Å². The molecule has 2 aromatic carbocycles. The Kier molecular flexibility index (Phi) is 8.90. The lowest BCUT2D eigenvalue weighted by atomic mass is 9.95. The largest absolute Gasteiger partial charge is 0.460 e. The maximum atomic E-state index is 12.9. The van der Waals surface area contributed by atoms with Crippen molar-refractivity contribution in [2.24, 2.45) is 0 Å². The number of carbonyl (C=O) groups excluding carboxylic acids is 2. The second kappa shape index (κ2) is 11.7. The first-order valence-corrected chi connectivity index (χ1v) is 11.7. The molecule has 1 heterocycles. The molecule has 0 bridgehead atoms. The van der Waals surface area contributed by atoms with Gasteiger partial charge in [-0.05, 0) is 62.0 Å². The minimum absolute atomic E-state index is 0.146. The van der Waals surface area contributed by atoms with Crippen LogP contribution in [0.4, 0.5) is 5.69 Å². The smallest absolute Gasteiger partial charge is 0.338 e. The zero-order valence-corrected chi connectivity index (χ0v) is 21.3. The van der Waals surface area contributed by atoms with Crippen LogP contribution < -0.4 is 10.6 Å². The number of rotatable bonds is 8. The van der Waals surface area contributed by atoms with E-state index in [1.807, 2.05) is 30.9 Å². The van der Waals surface area contributed by atoms with Gasteiger partial charge in [0.1, 0.15) is 6.61 Å². The van der Waals surface area contributed by atoms with Crippen LogP contribution in [0.5, 0.6) is 0 Å². The predicted octanol–water partition coefficient (Wildman–Crippen LogP) is 4.96. The molecule has 1 amide bonds. The third-order valence-electron chi connectivity index (χ3n) is 5.33. The van der Waals surface area contributed by atoms with E-state index >= 15 is 0 Å². The minimum Gasteiger partial charge on any atom is -0.460 e. The molecule has 0 aliphatic carbocycles. The molecule has 1 aliphatic heterocycles. The van der Waals surface area contributed by atoms with Crippen molar-refractivity contribution in [1.82, 2.24) is 10.2 Å². The molecule has 0 radical (unpaired) electrons. The summed E-state index contributed by atoms with van der Waals surface area (Å²) in [5.74, 6) is -0.800. The summed E-state index contributed by atoms with van der Waals surface area (Å²) in [7, 11) is 1.54. The fraction of sp³-hybridized carbons (Fsp3) is 0.292. The molecule has 34 heavy (non-hydrogen) atoms. The monoisotopic (exact) mass is 521 g/mol. The van der Waals surface area contributed by atoms with Gasteiger partial charge in [-0.1, -0.05) is 35.3 Å². The Morgan fingerprint density at radius 3 is 2.47 bits per heavy atom. The summed E-state index contributed by atoms with van der Waals surface area (Å²) in [4.78, 5) is 27.4. The predicted molar refractivity (Wildman–Crippen MR) is 137 cm³/mol. The van der Waals surface area contributed by atoms with Gasteiger partial charge in [-0.25, -0.2) is 4.79 Å². The van der Waals surface area contributed by atoms with E-state index in [4.69, 9.17) is 44.9 Å². The second-order valence-corrected chi connectivity index (χ2v) is 8.69. The van der Waals surface area contributed by atoms with Gasteiger partial charge >= 0.3 is 5.97 Å². The Labute approximate surface area is 214 Å². The molecule has 2 N–H and O–H groups in total. The van der Waals surface area contributed by atoms with Crippen molar-refractivity contribution in [3.8, 4) is 0 Å². The van der Waals surface area contributed by atoms with Crippen LogP contribution in [-0.4, -0.2) is 48.8 Å². The third kappa shape index (κ3) is 5.88. The molecule has 0 spiro atoms. The zero-order chi connectivity index (χ0) is 24.8. The molecule has 0 saturated heterocycles. The lowest BCUT2D eigenvalue weighted by molar-refractivity contribution is -0.140. The van der Waals surface area contributed by atoms with E-state index in [1.165, 1.54) is 6.07 Å². The topological polar surface area (TPSA) is 79.9 Å². The maximum Gasteiger partial charge on any atom is 0.338 e. The average Bonchev–Trinajstić information content (AvgIpc) is 2.79. The number of esters is 1. The number of ether oxygens (including phenoxy) is 2. The van der Waals surface area contributed by atoms with E-state index < -0.39 is 12.0 Å². The molecular formula is C24H25Cl2N3O4S. The molecule has 1 atom stereocenters. The van der Waals surface area contributed by atoms with Crippen molar-refractivity contribution >= 4 is 58.1 Å². The van der Waals surface area contributed by atoms with Crippen LogP contribution in [0.3, 0.4) is 0 Å². The van der Waals surface area contributed by atoms with E-state index in [2.05, 4.69) is 10.6 Å². The lowest BCUT2D eigenvalue weighted by Crippen LogP contribution is -2.47. The standard InChI is InChI=1S/C24H25Cl2N3O4S/c1-4-29-14(2)20(23(31)33-12-11-32-3)21(28-24(29)34)15-5-8-17(9-6-15)27-22(30)18-10-7-16(25)13-19(18)26/h5-10,13,21H,4,11-12H2,1-3H3,(H,27,30)(H,28,34). The molecule has 0 saturated carbocycles. The van der Waals surface area contributed by atoms with Gasteiger partial charge < -0.3 is 25.0 Å². The number of carbonyl (C=O) groups is 2. The fourth-order valence-corrected chi connectivity index (χ4v) is 4.48. The summed E-state index contributed by atoms with van der Waals surface area (Å²) in [6.07, 6.45) is 0. The number of anilines is 1. The number of hydrogen-bond acceptors (Lipinski definition) is 5. The van der Waals surface area contributed by atoms with Gasteiger partial charge in [0.2, 0.25) is 0 Å². The van der Waals surface area contributed by atoms with Crippen LogP contribution in [0.25, 0.3) is 0 Å². The molecule has 3 rings (SSSR count). The highest BCUT2D eigenvalue weighted by atomic mass is 35.5.